The summed E-state index contributed by atoms with van der Waals surface area (Å²) < 4.78 is 4.65. The minimum Gasteiger partial charge on any atom is -0.468 e. The van der Waals surface area contributed by atoms with E-state index in [1.807, 2.05) is 12.2 Å². The molecule has 0 fully saturated rings. The molecule has 0 spiro atoms. The largest absolute Gasteiger partial charge is 0.468 e. The first-order chi connectivity index (χ1) is 6.27. The zero-order valence-corrected chi connectivity index (χ0v) is 7.82. The van der Waals surface area contributed by atoms with Crippen LogP contribution in [0.1, 0.15) is 12.8 Å². The topological polar surface area (TPSA) is 38.3 Å². The van der Waals surface area contributed by atoms with E-state index in [4.69, 9.17) is 0 Å². The van der Waals surface area contributed by atoms with Crippen molar-refractivity contribution in [1.29, 1.82) is 0 Å². The van der Waals surface area contributed by atoms with Crippen LogP contribution in [0.4, 0.5) is 0 Å². The van der Waals surface area contributed by atoms with Crippen LogP contribution in [0.25, 0.3) is 0 Å². The lowest BCUT2D eigenvalue weighted by atomic mass is 10.0. The SMILES string of the molecule is C=CC[C@H]1C=CC[C@@H](C(=O)OC)N1. The predicted octanol–water partition coefficient (Wildman–Crippen LogP) is 1.02. The van der Waals surface area contributed by atoms with Gasteiger partial charge in [-0.1, -0.05) is 18.2 Å². The quantitative estimate of drug-likeness (QED) is 0.522. The van der Waals surface area contributed by atoms with E-state index >= 15 is 0 Å². The van der Waals surface area contributed by atoms with Crippen molar-refractivity contribution >= 4 is 5.97 Å². The Morgan fingerprint density at radius 2 is 2.62 bits per heavy atom. The van der Waals surface area contributed by atoms with Gasteiger partial charge in [-0.05, 0) is 12.8 Å². The zero-order chi connectivity index (χ0) is 9.68. The summed E-state index contributed by atoms with van der Waals surface area (Å²) in [7, 11) is 1.41. The molecule has 0 bridgehead atoms. The van der Waals surface area contributed by atoms with E-state index in [1.165, 1.54) is 7.11 Å². The molecule has 0 aliphatic carbocycles. The van der Waals surface area contributed by atoms with Gasteiger partial charge in [0.25, 0.3) is 0 Å². The van der Waals surface area contributed by atoms with Gasteiger partial charge in [0.1, 0.15) is 6.04 Å². The summed E-state index contributed by atoms with van der Waals surface area (Å²) in [4.78, 5) is 11.2. The van der Waals surface area contributed by atoms with Crippen LogP contribution < -0.4 is 5.32 Å². The second kappa shape index (κ2) is 4.82. The second-order valence-corrected chi connectivity index (χ2v) is 3.04. The highest BCUT2D eigenvalue weighted by atomic mass is 16.5. The van der Waals surface area contributed by atoms with Gasteiger partial charge in [0.15, 0.2) is 0 Å². The summed E-state index contributed by atoms with van der Waals surface area (Å²) in [6.07, 6.45) is 7.44. The zero-order valence-electron chi connectivity index (χ0n) is 7.82. The number of ether oxygens (including phenoxy) is 1. The fourth-order valence-corrected chi connectivity index (χ4v) is 1.39. The van der Waals surface area contributed by atoms with E-state index in [-0.39, 0.29) is 18.1 Å². The first-order valence-electron chi connectivity index (χ1n) is 4.39. The van der Waals surface area contributed by atoms with Gasteiger partial charge in [-0.2, -0.15) is 0 Å². The van der Waals surface area contributed by atoms with Gasteiger partial charge >= 0.3 is 5.97 Å². The van der Waals surface area contributed by atoms with Crippen molar-refractivity contribution in [3.63, 3.8) is 0 Å². The first kappa shape index (κ1) is 9.99. The van der Waals surface area contributed by atoms with Crippen molar-refractivity contribution in [3.05, 3.63) is 24.8 Å². The normalized spacial score (nSPS) is 26.8. The summed E-state index contributed by atoms with van der Waals surface area (Å²) in [6.45, 7) is 3.65. The minimum atomic E-state index is -0.196. The second-order valence-electron chi connectivity index (χ2n) is 3.04. The molecule has 0 aromatic carbocycles. The standard InChI is InChI=1S/C10H15NO2/c1-3-5-8-6-4-7-9(11-8)10(12)13-2/h3-4,6,8-9,11H,1,5,7H2,2H3/t8-,9-/m0/s1. The van der Waals surface area contributed by atoms with Crippen LogP contribution in [-0.4, -0.2) is 25.2 Å². The molecule has 0 saturated heterocycles. The first-order valence-corrected chi connectivity index (χ1v) is 4.39. The van der Waals surface area contributed by atoms with E-state index in [9.17, 15) is 4.79 Å². The molecule has 1 heterocycles. The Morgan fingerprint density at radius 3 is 3.23 bits per heavy atom. The molecule has 1 aliphatic heterocycles. The van der Waals surface area contributed by atoms with E-state index in [2.05, 4.69) is 22.7 Å². The number of nitrogens with one attached hydrogen (secondary N) is 1. The van der Waals surface area contributed by atoms with Crippen molar-refractivity contribution in [1.82, 2.24) is 5.32 Å². The minimum absolute atomic E-state index is 0.194. The lowest BCUT2D eigenvalue weighted by Crippen LogP contribution is -2.44. The molecule has 3 nitrogen and oxygen atoms in total. The molecule has 2 atom stereocenters. The molecule has 0 saturated carbocycles. The summed E-state index contributed by atoms with van der Waals surface area (Å²) >= 11 is 0. The summed E-state index contributed by atoms with van der Waals surface area (Å²) in [6, 6.07) is 0.0234. The Hall–Kier alpha value is -1.09. The monoisotopic (exact) mass is 181 g/mol. The van der Waals surface area contributed by atoms with Crippen LogP contribution in [0, 0.1) is 0 Å². The lowest BCUT2D eigenvalue weighted by Gasteiger charge is -2.24. The van der Waals surface area contributed by atoms with Crippen LogP contribution in [-0.2, 0) is 9.53 Å². The van der Waals surface area contributed by atoms with Crippen molar-refractivity contribution in [2.45, 2.75) is 24.9 Å². The van der Waals surface area contributed by atoms with Crippen molar-refractivity contribution < 1.29 is 9.53 Å². The lowest BCUT2D eigenvalue weighted by molar-refractivity contribution is -0.143. The van der Waals surface area contributed by atoms with Crippen LogP contribution >= 0.6 is 0 Å². The van der Waals surface area contributed by atoms with Crippen molar-refractivity contribution in [2.24, 2.45) is 0 Å². The van der Waals surface area contributed by atoms with Gasteiger partial charge in [0.2, 0.25) is 0 Å². The van der Waals surface area contributed by atoms with Crippen molar-refractivity contribution in [3.8, 4) is 0 Å². The molecule has 1 N–H and O–H groups in total. The average Bonchev–Trinajstić information content (AvgIpc) is 2.18. The van der Waals surface area contributed by atoms with E-state index in [0.717, 1.165) is 6.42 Å². The van der Waals surface area contributed by atoms with Gasteiger partial charge in [-0.25, -0.2) is 0 Å². The smallest absolute Gasteiger partial charge is 0.323 e. The Balaban J connectivity index is 2.50. The van der Waals surface area contributed by atoms with Crippen molar-refractivity contribution in [2.75, 3.05) is 7.11 Å². The van der Waals surface area contributed by atoms with Gasteiger partial charge in [0, 0.05) is 6.04 Å². The molecule has 1 rings (SSSR count). The third kappa shape index (κ3) is 2.70. The van der Waals surface area contributed by atoms with Crippen LogP contribution in [0.3, 0.4) is 0 Å². The molecule has 0 amide bonds. The summed E-state index contributed by atoms with van der Waals surface area (Å²) in [5.41, 5.74) is 0. The molecule has 13 heavy (non-hydrogen) atoms. The third-order valence-corrected chi connectivity index (χ3v) is 2.06. The summed E-state index contributed by atoms with van der Waals surface area (Å²) in [5, 5.41) is 3.17. The van der Waals surface area contributed by atoms with Gasteiger partial charge in [-0.15, -0.1) is 6.58 Å². The molecule has 0 aromatic rings. The molecule has 0 aromatic heterocycles. The highest BCUT2D eigenvalue weighted by molar-refractivity contribution is 5.76. The molecule has 72 valence electrons. The number of rotatable bonds is 3. The van der Waals surface area contributed by atoms with E-state index in [0.29, 0.717) is 6.42 Å². The Bertz CT molecular complexity index is 223. The fourth-order valence-electron chi connectivity index (χ4n) is 1.39. The highest BCUT2D eigenvalue weighted by Gasteiger charge is 2.22. The molecular weight excluding hydrogens is 166 g/mol. The van der Waals surface area contributed by atoms with E-state index < -0.39 is 0 Å². The highest BCUT2D eigenvalue weighted by Crippen LogP contribution is 2.08. The van der Waals surface area contributed by atoms with E-state index in [1.54, 1.807) is 0 Å². The van der Waals surface area contributed by atoms with Crippen LogP contribution in [0.2, 0.25) is 0 Å². The number of hydrogen-bond donors (Lipinski definition) is 1. The maximum Gasteiger partial charge on any atom is 0.323 e. The number of carbonyl (C=O) groups is 1. The van der Waals surface area contributed by atoms with Gasteiger partial charge in [0.05, 0.1) is 7.11 Å². The predicted molar refractivity (Wildman–Crippen MR) is 51.3 cm³/mol. The molecule has 1 aliphatic rings. The number of hydrogen-bond acceptors (Lipinski definition) is 3. The van der Waals surface area contributed by atoms with Crippen LogP contribution in [0.15, 0.2) is 24.8 Å². The molecule has 0 unspecified atom stereocenters. The summed E-state index contributed by atoms with van der Waals surface area (Å²) in [5.74, 6) is -0.196. The Morgan fingerprint density at radius 1 is 1.85 bits per heavy atom. The molecular formula is C10H15NO2. The maximum atomic E-state index is 11.2. The molecule has 3 heteroatoms. The Kier molecular flexibility index (Phi) is 3.71. The maximum absolute atomic E-state index is 11.2. The number of carbonyl (C=O) groups excluding carboxylic acids is 1. The average molecular weight is 181 g/mol. The van der Waals surface area contributed by atoms with Gasteiger partial charge < -0.3 is 4.74 Å². The fraction of sp³-hybridized carbons (Fsp3) is 0.500. The number of esters is 1. The Labute approximate surface area is 78.5 Å². The number of methoxy groups -OCH3 is 1. The molecule has 0 radical (unpaired) electrons. The third-order valence-electron chi connectivity index (χ3n) is 2.06. The van der Waals surface area contributed by atoms with Gasteiger partial charge in [-0.3, -0.25) is 10.1 Å². The van der Waals surface area contributed by atoms with Crippen LogP contribution in [0.5, 0.6) is 0 Å².